The van der Waals surface area contributed by atoms with Crippen LogP contribution in [0.5, 0.6) is 0 Å². The molecular weight excluding hydrogens is 250 g/mol. The SMILES string of the molecule is CCCC[C@@](N)(Cc1ccc(C)cc1)C(=O)O.Cl. The van der Waals surface area contributed by atoms with Crippen molar-refractivity contribution in [2.75, 3.05) is 0 Å². The van der Waals surface area contributed by atoms with Crippen molar-refractivity contribution in [3.05, 3.63) is 35.4 Å². The van der Waals surface area contributed by atoms with E-state index in [1.807, 2.05) is 38.1 Å². The number of carbonyl (C=O) groups is 1. The van der Waals surface area contributed by atoms with Crippen molar-refractivity contribution in [3.63, 3.8) is 0 Å². The zero-order valence-corrected chi connectivity index (χ0v) is 11.8. The maximum absolute atomic E-state index is 11.3. The first-order valence-corrected chi connectivity index (χ1v) is 6.06. The first-order valence-electron chi connectivity index (χ1n) is 6.06. The maximum Gasteiger partial charge on any atom is 0.324 e. The van der Waals surface area contributed by atoms with Crippen LogP contribution in [0.4, 0.5) is 0 Å². The molecule has 0 saturated carbocycles. The van der Waals surface area contributed by atoms with Crippen molar-refractivity contribution in [1.82, 2.24) is 0 Å². The van der Waals surface area contributed by atoms with E-state index in [1.165, 1.54) is 5.56 Å². The molecule has 3 nitrogen and oxygen atoms in total. The summed E-state index contributed by atoms with van der Waals surface area (Å²) in [5.74, 6) is -0.911. The quantitative estimate of drug-likeness (QED) is 0.836. The van der Waals surface area contributed by atoms with Gasteiger partial charge in [-0.3, -0.25) is 4.79 Å². The molecule has 0 bridgehead atoms. The van der Waals surface area contributed by atoms with Crippen molar-refractivity contribution < 1.29 is 9.90 Å². The molecular formula is C14H22ClNO2. The summed E-state index contributed by atoms with van der Waals surface area (Å²) in [7, 11) is 0. The molecule has 1 aromatic carbocycles. The minimum absolute atomic E-state index is 0. The average Bonchev–Trinajstić information content (AvgIpc) is 2.29. The van der Waals surface area contributed by atoms with Crippen LogP contribution in [0.15, 0.2) is 24.3 Å². The Hall–Kier alpha value is -1.06. The molecule has 0 aromatic heterocycles. The number of nitrogens with two attached hydrogens (primary N) is 1. The van der Waals surface area contributed by atoms with Gasteiger partial charge in [0.1, 0.15) is 5.54 Å². The third-order valence-electron chi connectivity index (χ3n) is 3.04. The summed E-state index contributed by atoms with van der Waals surface area (Å²) in [5, 5.41) is 9.25. The smallest absolute Gasteiger partial charge is 0.324 e. The second-order valence-electron chi connectivity index (χ2n) is 4.73. The Morgan fingerprint density at radius 2 is 1.89 bits per heavy atom. The first kappa shape index (κ1) is 16.9. The maximum atomic E-state index is 11.3. The predicted molar refractivity (Wildman–Crippen MR) is 76.2 cm³/mol. The highest BCUT2D eigenvalue weighted by Crippen LogP contribution is 2.18. The van der Waals surface area contributed by atoms with Crippen LogP contribution in [0, 0.1) is 6.92 Å². The van der Waals surface area contributed by atoms with Crippen LogP contribution in [-0.4, -0.2) is 16.6 Å². The van der Waals surface area contributed by atoms with Gasteiger partial charge in [0.25, 0.3) is 0 Å². The molecule has 3 N–H and O–H groups in total. The van der Waals surface area contributed by atoms with Gasteiger partial charge in [0.05, 0.1) is 0 Å². The second-order valence-corrected chi connectivity index (χ2v) is 4.73. The number of hydrogen-bond donors (Lipinski definition) is 2. The van der Waals surface area contributed by atoms with Gasteiger partial charge < -0.3 is 10.8 Å². The molecule has 0 radical (unpaired) electrons. The number of hydrogen-bond acceptors (Lipinski definition) is 2. The van der Waals surface area contributed by atoms with E-state index in [9.17, 15) is 9.90 Å². The van der Waals surface area contributed by atoms with Crippen LogP contribution >= 0.6 is 12.4 Å². The van der Waals surface area contributed by atoms with Gasteiger partial charge in [-0.2, -0.15) is 0 Å². The van der Waals surface area contributed by atoms with Crippen LogP contribution in [0.3, 0.4) is 0 Å². The lowest BCUT2D eigenvalue weighted by atomic mass is 9.87. The van der Waals surface area contributed by atoms with E-state index in [0.717, 1.165) is 18.4 Å². The number of aryl methyl sites for hydroxylation is 1. The minimum atomic E-state index is -1.13. The number of unbranched alkanes of at least 4 members (excludes halogenated alkanes) is 1. The standard InChI is InChI=1S/C14H21NO2.ClH/c1-3-4-9-14(15,13(16)17)10-12-7-5-11(2)6-8-12;/h5-8H,3-4,9-10,15H2,1-2H3,(H,16,17);1H/t14-;/m1./s1. The first-order chi connectivity index (χ1) is 7.98. The van der Waals surface area contributed by atoms with Gasteiger partial charge in [-0.15, -0.1) is 12.4 Å². The van der Waals surface area contributed by atoms with Crippen LogP contribution in [0.2, 0.25) is 0 Å². The molecule has 0 heterocycles. The molecule has 1 aromatic rings. The molecule has 1 atom stereocenters. The molecule has 0 fully saturated rings. The van der Waals surface area contributed by atoms with E-state index >= 15 is 0 Å². The molecule has 0 aliphatic carbocycles. The largest absolute Gasteiger partial charge is 0.480 e. The number of carboxylic acids is 1. The number of rotatable bonds is 6. The van der Waals surface area contributed by atoms with Crippen LogP contribution in [0.25, 0.3) is 0 Å². The van der Waals surface area contributed by atoms with E-state index in [2.05, 4.69) is 0 Å². The topological polar surface area (TPSA) is 63.3 Å². The highest BCUT2D eigenvalue weighted by molar-refractivity contribution is 5.85. The number of aliphatic carboxylic acids is 1. The molecule has 0 aliphatic rings. The van der Waals surface area contributed by atoms with E-state index in [-0.39, 0.29) is 12.4 Å². The Labute approximate surface area is 115 Å². The zero-order chi connectivity index (χ0) is 12.9. The van der Waals surface area contributed by atoms with Gasteiger partial charge in [0, 0.05) is 6.42 Å². The molecule has 0 amide bonds. The van der Waals surface area contributed by atoms with E-state index in [4.69, 9.17) is 5.73 Å². The average molecular weight is 272 g/mol. The van der Waals surface area contributed by atoms with Gasteiger partial charge >= 0.3 is 5.97 Å². The fraction of sp³-hybridized carbons (Fsp3) is 0.500. The summed E-state index contributed by atoms with van der Waals surface area (Å²) < 4.78 is 0. The zero-order valence-electron chi connectivity index (χ0n) is 11.0. The van der Waals surface area contributed by atoms with Crippen LogP contribution in [-0.2, 0) is 11.2 Å². The molecule has 18 heavy (non-hydrogen) atoms. The summed E-state index contributed by atoms with van der Waals surface area (Å²) in [6, 6.07) is 7.87. The second kappa shape index (κ2) is 7.39. The lowest BCUT2D eigenvalue weighted by molar-refractivity contribution is -0.143. The van der Waals surface area contributed by atoms with Crippen molar-refractivity contribution in [2.24, 2.45) is 5.73 Å². The summed E-state index contributed by atoms with van der Waals surface area (Å²) in [5.41, 5.74) is 7.01. The predicted octanol–water partition coefficient (Wildman–Crippen LogP) is 2.93. The normalized spacial score (nSPS) is 13.5. The number of carboxylic acid groups (broad SMARTS) is 1. The van der Waals surface area contributed by atoms with Gasteiger partial charge in [-0.05, 0) is 18.9 Å². The van der Waals surface area contributed by atoms with Crippen molar-refractivity contribution in [3.8, 4) is 0 Å². The van der Waals surface area contributed by atoms with E-state index in [0.29, 0.717) is 12.8 Å². The van der Waals surface area contributed by atoms with Crippen molar-refractivity contribution >= 4 is 18.4 Å². The molecule has 0 spiro atoms. The fourth-order valence-electron chi connectivity index (χ4n) is 1.83. The minimum Gasteiger partial charge on any atom is -0.480 e. The van der Waals surface area contributed by atoms with Crippen molar-refractivity contribution in [2.45, 2.75) is 45.1 Å². The third kappa shape index (κ3) is 4.67. The molecule has 1 rings (SSSR count). The molecule has 0 unspecified atom stereocenters. The van der Waals surface area contributed by atoms with E-state index < -0.39 is 11.5 Å². The van der Waals surface area contributed by atoms with Gasteiger partial charge in [-0.1, -0.05) is 49.6 Å². The van der Waals surface area contributed by atoms with Gasteiger partial charge in [0.15, 0.2) is 0 Å². The Morgan fingerprint density at radius 1 is 1.33 bits per heavy atom. The lowest BCUT2D eigenvalue weighted by Crippen LogP contribution is -2.49. The summed E-state index contributed by atoms with van der Waals surface area (Å²) in [6.07, 6.45) is 2.71. The van der Waals surface area contributed by atoms with Crippen LogP contribution in [0.1, 0.15) is 37.3 Å². The summed E-state index contributed by atoms with van der Waals surface area (Å²) >= 11 is 0. The Bertz CT molecular complexity index is 378. The van der Waals surface area contributed by atoms with Crippen molar-refractivity contribution in [1.29, 1.82) is 0 Å². The molecule has 0 saturated heterocycles. The number of halogens is 1. The Balaban J connectivity index is 0.00000289. The Morgan fingerprint density at radius 3 is 2.33 bits per heavy atom. The van der Waals surface area contributed by atoms with Gasteiger partial charge in [0.2, 0.25) is 0 Å². The van der Waals surface area contributed by atoms with Crippen LogP contribution < -0.4 is 5.73 Å². The summed E-state index contributed by atoms with van der Waals surface area (Å²) in [4.78, 5) is 11.3. The summed E-state index contributed by atoms with van der Waals surface area (Å²) in [6.45, 7) is 4.04. The fourth-order valence-corrected chi connectivity index (χ4v) is 1.83. The molecule has 0 aliphatic heterocycles. The highest BCUT2D eigenvalue weighted by Gasteiger charge is 2.33. The lowest BCUT2D eigenvalue weighted by Gasteiger charge is -2.24. The third-order valence-corrected chi connectivity index (χ3v) is 3.04. The van der Waals surface area contributed by atoms with E-state index in [1.54, 1.807) is 0 Å². The molecule has 102 valence electrons. The highest BCUT2D eigenvalue weighted by atomic mass is 35.5. The van der Waals surface area contributed by atoms with Gasteiger partial charge in [-0.25, -0.2) is 0 Å². The number of benzene rings is 1. The molecule has 4 heteroatoms. The monoisotopic (exact) mass is 271 g/mol. The Kier molecular flexibility index (Phi) is 6.96.